The van der Waals surface area contributed by atoms with E-state index in [1.165, 1.54) is 6.42 Å². The fourth-order valence-electron chi connectivity index (χ4n) is 2.94. The van der Waals surface area contributed by atoms with Crippen LogP contribution in [0.15, 0.2) is 18.3 Å². The Morgan fingerprint density at radius 3 is 2.82 bits per heavy atom. The van der Waals surface area contributed by atoms with Gasteiger partial charge in [0.2, 0.25) is 0 Å². The van der Waals surface area contributed by atoms with E-state index in [2.05, 4.69) is 14.8 Å². The lowest BCUT2D eigenvalue weighted by atomic mass is 10.2. The first-order chi connectivity index (χ1) is 10.8. The van der Waals surface area contributed by atoms with Gasteiger partial charge in [-0.1, -0.05) is 11.6 Å². The molecule has 2 aliphatic heterocycles. The molecular formula is C16H24ClN3O2. The Bertz CT molecular complexity index is 443. The molecule has 3 rings (SSSR count). The Labute approximate surface area is 137 Å². The molecule has 0 aliphatic carbocycles. The van der Waals surface area contributed by atoms with Crippen LogP contribution in [0.1, 0.15) is 12.8 Å². The molecule has 3 heterocycles. The summed E-state index contributed by atoms with van der Waals surface area (Å²) in [7, 11) is 0. The van der Waals surface area contributed by atoms with Crippen molar-refractivity contribution < 1.29 is 9.47 Å². The number of nitrogens with zero attached hydrogens (tertiary/aromatic N) is 3. The van der Waals surface area contributed by atoms with E-state index in [9.17, 15) is 0 Å². The van der Waals surface area contributed by atoms with Crippen molar-refractivity contribution in [3.05, 3.63) is 23.4 Å². The number of halogens is 1. The first-order valence-electron chi connectivity index (χ1n) is 8.09. The lowest BCUT2D eigenvalue weighted by Gasteiger charge is -2.35. The van der Waals surface area contributed by atoms with Crippen LogP contribution in [-0.2, 0) is 9.47 Å². The van der Waals surface area contributed by atoms with E-state index in [-0.39, 0.29) is 0 Å². The molecule has 2 aliphatic rings. The summed E-state index contributed by atoms with van der Waals surface area (Å²) >= 11 is 5.88. The molecule has 0 saturated carbocycles. The number of pyridine rings is 1. The van der Waals surface area contributed by atoms with E-state index in [0.717, 1.165) is 64.8 Å². The van der Waals surface area contributed by atoms with Gasteiger partial charge in [0.15, 0.2) is 0 Å². The molecule has 2 saturated heterocycles. The quantitative estimate of drug-likeness (QED) is 0.748. The fraction of sp³-hybridized carbons (Fsp3) is 0.688. The van der Waals surface area contributed by atoms with E-state index in [0.29, 0.717) is 11.1 Å². The average Bonchev–Trinajstić information content (AvgIpc) is 3.06. The van der Waals surface area contributed by atoms with E-state index < -0.39 is 0 Å². The Hall–Kier alpha value is -0.880. The third-order valence-corrected chi connectivity index (χ3v) is 4.51. The summed E-state index contributed by atoms with van der Waals surface area (Å²) in [6.07, 6.45) is 4.36. The van der Waals surface area contributed by atoms with E-state index in [4.69, 9.17) is 21.1 Å². The maximum absolute atomic E-state index is 5.88. The molecule has 0 spiro atoms. The van der Waals surface area contributed by atoms with Gasteiger partial charge in [-0.3, -0.25) is 4.90 Å². The highest BCUT2D eigenvalue weighted by molar-refractivity contribution is 6.30. The van der Waals surface area contributed by atoms with Gasteiger partial charge in [-0.15, -0.1) is 0 Å². The van der Waals surface area contributed by atoms with Gasteiger partial charge in [0.05, 0.1) is 24.3 Å². The van der Waals surface area contributed by atoms with Gasteiger partial charge in [-0.25, -0.2) is 4.98 Å². The van der Waals surface area contributed by atoms with Crippen molar-refractivity contribution in [3.8, 4) is 0 Å². The second kappa shape index (κ2) is 8.11. The first kappa shape index (κ1) is 16.0. The highest BCUT2D eigenvalue weighted by atomic mass is 35.5. The van der Waals surface area contributed by atoms with Crippen molar-refractivity contribution in [3.63, 3.8) is 0 Å². The molecule has 0 amide bonds. The third kappa shape index (κ3) is 4.56. The van der Waals surface area contributed by atoms with Crippen LogP contribution in [0, 0.1) is 0 Å². The van der Waals surface area contributed by atoms with Gasteiger partial charge >= 0.3 is 0 Å². The smallest absolute Gasteiger partial charge is 0.128 e. The Morgan fingerprint density at radius 1 is 1.27 bits per heavy atom. The first-order valence-corrected chi connectivity index (χ1v) is 8.47. The molecule has 1 aromatic heterocycles. The molecule has 1 atom stereocenters. The molecule has 122 valence electrons. The number of rotatable bonds is 6. The van der Waals surface area contributed by atoms with Gasteiger partial charge in [0.1, 0.15) is 5.82 Å². The minimum absolute atomic E-state index is 0.327. The molecule has 22 heavy (non-hydrogen) atoms. The van der Waals surface area contributed by atoms with Gasteiger partial charge < -0.3 is 14.4 Å². The van der Waals surface area contributed by atoms with Crippen LogP contribution in [0.5, 0.6) is 0 Å². The molecule has 2 fully saturated rings. The molecule has 6 heteroatoms. The summed E-state index contributed by atoms with van der Waals surface area (Å²) in [5.41, 5.74) is 0. The van der Waals surface area contributed by atoms with Crippen LogP contribution in [0.2, 0.25) is 5.02 Å². The zero-order chi connectivity index (χ0) is 15.2. The van der Waals surface area contributed by atoms with Crippen molar-refractivity contribution in [2.45, 2.75) is 18.9 Å². The van der Waals surface area contributed by atoms with Crippen LogP contribution in [-0.4, -0.2) is 68.5 Å². The van der Waals surface area contributed by atoms with E-state index >= 15 is 0 Å². The second-order valence-corrected chi connectivity index (χ2v) is 6.31. The van der Waals surface area contributed by atoms with Gasteiger partial charge in [-0.2, -0.15) is 0 Å². The lowest BCUT2D eigenvalue weighted by molar-refractivity contribution is 0.0101. The highest BCUT2D eigenvalue weighted by Gasteiger charge is 2.18. The second-order valence-electron chi connectivity index (χ2n) is 5.87. The molecular weight excluding hydrogens is 302 g/mol. The van der Waals surface area contributed by atoms with Crippen LogP contribution in [0.4, 0.5) is 5.82 Å². The normalized spacial score (nSPS) is 23.1. The topological polar surface area (TPSA) is 37.8 Å². The zero-order valence-electron chi connectivity index (χ0n) is 12.9. The predicted molar refractivity (Wildman–Crippen MR) is 87.7 cm³/mol. The summed E-state index contributed by atoms with van der Waals surface area (Å²) < 4.78 is 11.3. The SMILES string of the molecule is Clc1ccc(N2CCN(CCOCC3CCCO3)CC2)nc1. The van der Waals surface area contributed by atoms with E-state index in [1.54, 1.807) is 6.20 Å². The van der Waals surface area contributed by atoms with Gasteiger partial charge in [0, 0.05) is 45.5 Å². The fourth-order valence-corrected chi connectivity index (χ4v) is 3.05. The van der Waals surface area contributed by atoms with Crippen molar-refractivity contribution in [1.82, 2.24) is 9.88 Å². The number of hydrogen-bond acceptors (Lipinski definition) is 5. The number of aromatic nitrogens is 1. The van der Waals surface area contributed by atoms with Crippen molar-refractivity contribution in [1.29, 1.82) is 0 Å². The van der Waals surface area contributed by atoms with Crippen LogP contribution in [0.25, 0.3) is 0 Å². The van der Waals surface area contributed by atoms with Crippen LogP contribution in [0.3, 0.4) is 0 Å². The molecule has 0 N–H and O–H groups in total. The number of anilines is 1. The summed E-state index contributed by atoms with van der Waals surface area (Å²) in [5.74, 6) is 1.01. The Balaban J connectivity index is 1.32. The summed E-state index contributed by atoms with van der Waals surface area (Å²) in [6.45, 7) is 7.53. The maximum atomic E-state index is 5.88. The standard InChI is InChI=1S/C16H24ClN3O2/c17-14-3-4-16(18-12-14)20-7-5-19(6-8-20)9-11-21-13-15-2-1-10-22-15/h3-4,12,15H,1-2,5-11,13H2. The Morgan fingerprint density at radius 2 is 2.14 bits per heavy atom. The predicted octanol–water partition coefficient (Wildman–Crippen LogP) is 2.05. The minimum Gasteiger partial charge on any atom is -0.377 e. The highest BCUT2D eigenvalue weighted by Crippen LogP contribution is 2.16. The summed E-state index contributed by atoms with van der Waals surface area (Å²) in [5, 5.41) is 0.686. The van der Waals surface area contributed by atoms with Crippen molar-refractivity contribution in [2.75, 3.05) is 57.4 Å². The zero-order valence-corrected chi connectivity index (χ0v) is 13.7. The number of piperazine rings is 1. The molecule has 5 nitrogen and oxygen atoms in total. The van der Waals surface area contributed by atoms with Gasteiger partial charge in [0.25, 0.3) is 0 Å². The molecule has 0 bridgehead atoms. The largest absolute Gasteiger partial charge is 0.377 e. The number of hydrogen-bond donors (Lipinski definition) is 0. The minimum atomic E-state index is 0.327. The molecule has 1 aromatic rings. The Kier molecular flexibility index (Phi) is 5.89. The van der Waals surface area contributed by atoms with E-state index in [1.807, 2.05) is 12.1 Å². The number of ether oxygens (including phenoxy) is 2. The van der Waals surface area contributed by atoms with Crippen molar-refractivity contribution >= 4 is 17.4 Å². The summed E-state index contributed by atoms with van der Waals surface area (Å²) in [4.78, 5) is 9.14. The molecule has 0 aromatic carbocycles. The molecule has 0 radical (unpaired) electrons. The summed E-state index contributed by atoms with van der Waals surface area (Å²) in [6, 6.07) is 3.89. The van der Waals surface area contributed by atoms with Crippen LogP contribution < -0.4 is 4.90 Å². The van der Waals surface area contributed by atoms with Crippen LogP contribution >= 0.6 is 11.6 Å². The third-order valence-electron chi connectivity index (χ3n) is 4.29. The van der Waals surface area contributed by atoms with Gasteiger partial charge in [-0.05, 0) is 25.0 Å². The maximum Gasteiger partial charge on any atom is 0.128 e. The monoisotopic (exact) mass is 325 g/mol. The van der Waals surface area contributed by atoms with Crippen molar-refractivity contribution in [2.24, 2.45) is 0 Å². The average molecular weight is 326 g/mol. The molecule has 1 unspecified atom stereocenters. The lowest BCUT2D eigenvalue weighted by Crippen LogP contribution is -2.47.